The second-order valence-electron chi connectivity index (χ2n) is 12.7. The fraction of sp³-hybridized carbons (Fsp3) is 0.897. The van der Waals surface area contributed by atoms with Gasteiger partial charge < -0.3 is 0 Å². The molecule has 0 bridgehead atoms. The van der Waals surface area contributed by atoms with Gasteiger partial charge in [0.05, 0.1) is 0 Å². The van der Waals surface area contributed by atoms with Gasteiger partial charge in [0.15, 0.2) is 5.78 Å². The summed E-state index contributed by atoms with van der Waals surface area (Å²) in [6, 6.07) is 0. The first-order chi connectivity index (χ1) is 14.2. The van der Waals surface area contributed by atoms with Crippen molar-refractivity contribution < 1.29 is 4.79 Å². The van der Waals surface area contributed by atoms with Gasteiger partial charge in [-0.3, -0.25) is 4.79 Å². The van der Waals surface area contributed by atoms with Crippen molar-refractivity contribution in [3.8, 4) is 0 Å². The van der Waals surface area contributed by atoms with E-state index in [1.807, 2.05) is 0 Å². The topological polar surface area (TPSA) is 17.1 Å². The third kappa shape index (κ3) is 3.65. The highest BCUT2D eigenvalue weighted by molar-refractivity contribution is 5.91. The number of carbonyl (C=O) groups is 1. The SMILES string of the molecule is CC[C@H](CC[C@@H](C)[C@@H]1CC[C@@H]2[C@H]3CCC4=CC(=O)CC[C@]4(C)[C@@H]3CC[C@@]21C)C(C)C. The fourth-order valence-electron chi connectivity index (χ4n) is 9.22. The fourth-order valence-corrected chi connectivity index (χ4v) is 9.22. The predicted octanol–water partition coefficient (Wildman–Crippen LogP) is 8.23. The van der Waals surface area contributed by atoms with Crippen LogP contribution in [0.4, 0.5) is 0 Å². The number of carbonyl (C=O) groups excluding carboxylic acids is 1. The first kappa shape index (κ1) is 22.6. The van der Waals surface area contributed by atoms with Gasteiger partial charge in [-0.25, -0.2) is 0 Å². The van der Waals surface area contributed by atoms with E-state index < -0.39 is 0 Å². The van der Waals surface area contributed by atoms with Gasteiger partial charge in [-0.05, 0) is 110 Å². The van der Waals surface area contributed by atoms with Crippen LogP contribution >= 0.6 is 0 Å². The zero-order valence-electron chi connectivity index (χ0n) is 20.8. The van der Waals surface area contributed by atoms with Gasteiger partial charge in [0.2, 0.25) is 0 Å². The Kier molecular flexibility index (Phi) is 6.33. The molecule has 0 unspecified atom stereocenters. The number of hydrogen-bond acceptors (Lipinski definition) is 1. The molecule has 1 nitrogen and oxygen atoms in total. The molecule has 3 saturated carbocycles. The Hall–Kier alpha value is -0.590. The molecule has 0 spiro atoms. The predicted molar refractivity (Wildman–Crippen MR) is 127 cm³/mol. The van der Waals surface area contributed by atoms with E-state index in [-0.39, 0.29) is 0 Å². The molecule has 0 aromatic carbocycles. The van der Waals surface area contributed by atoms with Gasteiger partial charge in [-0.15, -0.1) is 0 Å². The van der Waals surface area contributed by atoms with Crippen molar-refractivity contribution in [3.05, 3.63) is 11.6 Å². The lowest BCUT2D eigenvalue weighted by Gasteiger charge is -2.58. The van der Waals surface area contributed by atoms with Gasteiger partial charge in [-0.1, -0.05) is 60.0 Å². The number of allylic oxidation sites excluding steroid dienone is 1. The maximum atomic E-state index is 12.1. The van der Waals surface area contributed by atoms with Crippen LogP contribution in [0.2, 0.25) is 0 Å². The average molecular weight is 413 g/mol. The summed E-state index contributed by atoms with van der Waals surface area (Å²) in [7, 11) is 0. The van der Waals surface area contributed by atoms with Crippen molar-refractivity contribution in [3.63, 3.8) is 0 Å². The van der Waals surface area contributed by atoms with Crippen LogP contribution in [-0.4, -0.2) is 5.78 Å². The van der Waals surface area contributed by atoms with Crippen molar-refractivity contribution in [1.29, 1.82) is 0 Å². The smallest absolute Gasteiger partial charge is 0.155 e. The lowest BCUT2D eigenvalue weighted by Crippen LogP contribution is -2.51. The summed E-state index contributed by atoms with van der Waals surface area (Å²) in [5, 5.41) is 0. The maximum absolute atomic E-state index is 12.1. The molecule has 4 aliphatic rings. The van der Waals surface area contributed by atoms with Crippen molar-refractivity contribution in [2.75, 3.05) is 0 Å². The Morgan fingerprint density at radius 2 is 1.73 bits per heavy atom. The summed E-state index contributed by atoms with van der Waals surface area (Å²) in [6.07, 6.45) is 16.5. The van der Waals surface area contributed by atoms with E-state index in [0.717, 1.165) is 54.3 Å². The van der Waals surface area contributed by atoms with Crippen LogP contribution in [0, 0.1) is 52.3 Å². The quantitative estimate of drug-likeness (QED) is 0.429. The number of ketones is 1. The molecule has 0 radical (unpaired) electrons. The minimum atomic E-state index is 0.327. The van der Waals surface area contributed by atoms with Crippen LogP contribution in [0.5, 0.6) is 0 Å². The number of hydrogen-bond donors (Lipinski definition) is 0. The van der Waals surface area contributed by atoms with Gasteiger partial charge in [-0.2, -0.15) is 0 Å². The maximum Gasteiger partial charge on any atom is 0.155 e. The van der Waals surface area contributed by atoms with Crippen LogP contribution in [0.3, 0.4) is 0 Å². The van der Waals surface area contributed by atoms with Gasteiger partial charge in [0.1, 0.15) is 0 Å². The van der Waals surface area contributed by atoms with Crippen molar-refractivity contribution in [2.24, 2.45) is 52.3 Å². The highest BCUT2D eigenvalue weighted by Crippen LogP contribution is 2.67. The molecule has 1 heteroatoms. The van der Waals surface area contributed by atoms with E-state index in [9.17, 15) is 4.79 Å². The van der Waals surface area contributed by atoms with Crippen LogP contribution in [0.15, 0.2) is 11.6 Å². The number of fused-ring (bicyclic) bond motifs is 5. The second kappa shape index (κ2) is 8.40. The molecule has 30 heavy (non-hydrogen) atoms. The zero-order chi connectivity index (χ0) is 21.7. The van der Waals surface area contributed by atoms with E-state index in [1.54, 1.807) is 0 Å². The Morgan fingerprint density at radius 3 is 2.43 bits per heavy atom. The molecule has 4 rings (SSSR count). The van der Waals surface area contributed by atoms with Crippen molar-refractivity contribution in [2.45, 2.75) is 112 Å². The zero-order valence-corrected chi connectivity index (χ0v) is 20.8. The number of rotatable bonds is 6. The third-order valence-electron chi connectivity index (χ3n) is 11.2. The Labute approximate surface area is 186 Å². The summed E-state index contributed by atoms with van der Waals surface area (Å²) in [6.45, 7) is 15.0. The molecule has 0 aromatic rings. The molecule has 0 saturated heterocycles. The molecule has 4 aliphatic carbocycles. The lowest BCUT2D eigenvalue weighted by atomic mass is 9.46. The normalized spacial score (nSPS) is 42.9. The molecule has 0 aliphatic heterocycles. The summed E-state index contributed by atoms with van der Waals surface area (Å²) >= 11 is 0. The Morgan fingerprint density at radius 1 is 0.967 bits per heavy atom. The van der Waals surface area contributed by atoms with E-state index in [1.165, 1.54) is 63.4 Å². The largest absolute Gasteiger partial charge is 0.295 e. The highest BCUT2D eigenvalue weighted by Gasteiger charge is 2.59. The summed E-state index contributed by atoms with van der Waals surface area (Å²) in [4.78, 5) is 12.1. The summed E-state index contributed by atoms with van der Waals surface area (Å²) in [5.74, 6) is 6.63. The van der Waals surface area contributed by atoms with Gasteiger partial charge in [0.25, 0.3) is 0 Å². The molecule has 3 fully saturated rings. The van der Waals surface area contributed by atoms with Crippen LogP contribution < -0.4 is 0 Å². The van der Waals surface area contributed by atoms with E-state index >= 15 is 0 Å². The van der Waals surface area contributed by atoms with Crippen LogP contribution in [0.25, 0.3) is 0 Å². The first-order valence-electron chi connectivity index (χ1n) is 13.4. The molecule has 0 heterocycles. The standard InChI is InChI=1S/C29H48O/c1-7-21(19(2)3)9-8-20(4)25-12-13-26-24-11-10-22-18-23(30)14-16-28(22,5)27(24)15-17-29(25,26)6/h18-21,24-27H,7-17H2,1-6H3/t20-,21-,24-,25+,26-,27-,28+,29-/m1/s1. The molecule has 8 atom stereocenters. The van der Waals surface area contributed by atoms with E-state index in [2.05, 4.69) is 47.6 Å². The highest BCUT2D eigenvalue weighted by atomic mass is 16.1. The van der Waals surface area contributed by atoms with Gasteiger partial charge in [0, 0.05) is 6.42 Å². The van der Waals surface area contributed by atoms with Gasteiger partial charge >= 0.3 is 0 Å². The van der Waals surface area contributed by atoms with Crippen molar-refractivity contribution >= 4 is 5.78 Å². The molecule has 0 N–H and O–H groups in total. The first-order valence-corrected chi connectivity index (χ1v) is 13.4. The van der Waals surface area contributed by atoms with Crippen molar-refractivity contribution in [1.82, 2.24) is 0 Å². The Bertz CT molecular complexity index is 674. The lowest BCUT2D eigenvalue weighted by molar-refractivity contribution is -0.117. The minimum absolute atomic E-state index is 0.327. The van der Waals surface area contributed by atoms with E-state index in [4.69, 9.17) is 0 Å². The summed E-state index contributed by atoms with van der Waals surface area (Å²) in [5.41, 5.74) is 2.42. The summed E-state index contributed by atoms with van der Waals surface area (Å²) < 4.78 is 0. The van der Waals surface area contributed by atoms with E-state index in [0.29, 0.717) is 16.6 Å². The second-order valence-corrected chi connectivity index (χ2v) is 12.7. The van der Waals surface area contributed by atoms with Crippen LogP contribution in [0.1, 0.15) is 112 Å². The average Bonchev–Trinajstić information content (AvgIpc) is 3.06. The molecule has 170 valence electrons. The monoisotopic (exact) mass is 412 g/mol. The Balaban J connectivity index is 1.48. The molecule has 0 amide bonds. The van der Waals surface area contributed by atoms with Crippen LogP contribution in [-0.2, 0) is 4.79 Å². The molecular formula is C29H48O. The molecular weight excluding hydrogens is 364 g/mol. The third-order valence-corrected chi connectivity index (χ3v) is 11.2. The molecule has 0 aromatic heterocycles. The minimum Gasteiger partial charge on any atom is -0.295 e.